The number of hydrogen-bond acceptors (Lipinski definition) is 7. The van der Waals surface area contributed by atoms with Crippen LogP contribution in [0, 0.1) is 17.2 Å². The Labute approximate surface area is 231 Å². The highest BCUT2D eigenvalue weighted by Crippen LogP contribution is 2.39. The molecule has 0 aliphatic carbocycles. The number of rotatable bonds is 6. The number of carbonyl (C=O) groups excluding carboxylic acids is 1. The maximum absolute atomic E-state index is 13.8. The number of pyridine rings is 1. The van der Waals surface area contributed by atoms with E-state index in [0.717, 1.165) is 23.2 Å². The molecule has 4 heterocycles. The molecule has 2 aromatic carbocycles. The molecule has 40 heavy (non-hydrogen) atoms. The highest BCUT2D eigenvalue weighted by Gasteiger charge is 2.28. The third kappa shape index (κ3) is 4.65. The van der Waals surface area contributed by atoms with Crippen molar-refractivity contribution in [2.45, 2.75) is 19.0 Å². The summed E-state index contributed by atoms with van der Waals surface area (Å²) in [7, 11) is 1.55. The van der Waals surface area contributed by atoms with Crippen molar-refractivity contribution in [1.82, 2.24) is 9.88 Å². The van der Waals surface area contributed by atoms with E-state index in [0.29, 0.717) is 71.9 Å². The third-order valence-corrected chi connectivity index (χ3v) is 7.86. The van der Waals surface area contributed by atoms with Crippen LogP contribution in [0.25, 0.3) is 33.6 Å². The number of aliphatic hydroxyl groups excluding tert-OH is 1. The lowest BCUT2D eigenvalue weighted by atomic mass is 10.0. The van der Waals surface area contributed by atoms with Gasteiger partial charge in [-0.05, 0) is 54.8 Å². The number of aliphatic hydroxyl groups is 1. The van der Waals surface area contributed by atoms with Gasteiger partial charge >= 0.3 is 0 Å². The Balaban J connectivity index is 1.33. The molecule has 0 bridgehead atoms. The normalized spacial score (nSPS) is 18.9. The van der Waals surface area contributed by atoms with E-state index in [-0.39, 0.29) is 18.4 Å². The first-order valence-electron chi connectivity index (χ1n) is 13.4. The Morgan fingerprint density at radius 2 is 2.02 bits per heavy atom. The van der Waals surface area contributed by atoms with E-state index >= 15 is 0 Å². The van der Waals surface area contributed by atoms with Crippen molar-refractivity contribution < 1.29 is 23.4 Å². The number of nitriles is 1. The van der Waals surface area contributed by atoms with Crippen LogP contribution in [-0.2, 0) is 0 Å². The number of amides is 1. The molecule has 0 radical (unpaired) electrons. The second-order valence-corrected chi connectivity index (χ2v) is 10.4. The molecule has 0 saturated carbocycles. The molecule has 8 nitrogen and oxygen atoms in total. The van der Waals surface area contributed by atoms with Crippen LogP contribution in [0.4, 0.5) is 10.1 Å². The molecular weight excluding hydrogens is 511 g/mol. The standard InChI is InChI=1S/C31H29FN4O4/c1-39-28-13-21(31(38)36-10-7-19(16-36)18-37)2-4-25(28)29-14-26-30(40-29)24(6-9-34-26)20-3-5-27(22(12-20)15-33)35-11-8-23(32)17-35/h2-6,9,12-14,19,23,37H,7-8,10-11,16-18H2,1H3. The molecule has 2 saturated heterocycles. The number of nitrogens with zero attached hydrogens (tertiary/aromatic N) is 4. The Bertz CT molecular complexity index is 1630. The highest BCUT2D eigenvalue weighted by atomic mass is 19.1. The fraction of sp³-hybridized carbons (Fsp3) is 0.323. The lowest BCUT2D eigenvalue weighted by molar-refractivity contribution is 0.0781. The maximum atomic E-state index is 13.8. The molecule has 2 fully saturated rings. The van der Waals surface area contributed by atoms with Gasteiger partial charge in [0.05, 0.1) is 23.9 Å². The fourth-order valence-corrected chi connectivity index (χ4v) is 5.68. The van der Waals surface area contributed by atoms with Crippen LogP contribution in [0.5, 0.6) is 5.75 Å². The molecule has 2 atom stereocenters. The molecule has 6 rings (SSSR count). The van der Waals surface area contributed by atoms with E-state index in [1.807, 2.05) is 29.2 Å². The Morgan fingerprint density at radius 1 is 1.15 bits per heavy atom. The fourth-order valence-electron chi connectivity index (χ4n) is 5.68. The molecule has 2 aliphatic heterocycles. The average Bonchev–Trinajstić information content (AvgIpc) is 3.75. The molecule has 2 aromatic heterocycles. The number of fused-ring (bicyclic) bond motifs is 1. The van der Waals surface area contributed by atoms with E-state index in [2.05, 4.69) is 11.1 Å². The van der Waals surface area contributed by atoms with Gasteiger partial charge in [-0.3, -0.25) is 9.78 Å². The van der Waals surface area contributed by atoms with E-state index in [4.69, 9.17) is 9.15 Å². The van der Waals surface area contributed by atoms with Gasteiger partial charge in [0.2, 0.25) is 0 Å². The van der Waals surface area contributed by atoms with Gasteiger partial charge in [-0.2, -0.15) is 5.26 Å². The summed E-state index contributed by atoms with van der Waals surface area (Å²) in [4.78, 5) is 21.2. The minimum absolute atomic E-state index is 0.0775. The van der Waals surface area contributed by atoms with Crippen molar-refractivity contribution in [3.05, 3.63) is 65.9 Å². The van der Waals surface area contributed by atoms with Gasteiger partial charge in [0.15, 0.2) is 5.58 Å². The van der Waals surface area contributed by atoms with Crippen LogP contribution < -0.4 is 9.64 Å². The zero-order chi connectivity index (χ0) is 27.8. The van der Waals surface area contributed by atoms with Crippen molar-refractivity contribution in [3.63, 3.8) is 0 Å². The van der Waals surface area contributed by atoms with Crippen LogP contribution in [0.15, 0.2) is 59.1 Å². The molecular formula is C31H29FN4O4. The van der Waals surface area contributed by atoms with Crippen LogP contribution >= 0.6 is 0 Å². The van der Waals surface area contributed by atoms with Gasteiger partial charge in [0.1, 0.15) is 29.3 Å². The smallest absolute Gasteiger partial charge is 0.253 e. The maximum Gasteiger partial charge on any atom is 0.253 e. The summed E-state index contributed by atoms with van der Waals surface area (Å²) in [5, 5.41) is 19.3. The number of benzene rings is 2. The van der Waals surface area contributed by atoms with Crippen molar-refractivity contribution in [1.29, 1.82) is 5.26 Å². The minimum atomic E-state index is -0.879. The summed E-state index contributed by atoms with van der Waals surface area (Å²) in [5.74, 6) is 1.06. The Hall–Kier alpha value is -4.42. The van der Waals surface area contributed by atoms with Gasteiger partial charge in [-0.25, -0.2) is 4.39 Å². The number of carbonyl (C=O) groups is 1. The summed E-state index contributed by atoms with van der Waals surface area (Å²) >= 11 is 0. The van der Waals surface area contributed by atoms with Crippen molar-refractivity contribution >= 4 is 22.7 Å². The quantitative estimate of drug-likeness (QED) is 0.365. The number of methoxy groups -OCH3 is 1. The Kier molecular flexibility index (Phi) is 6.86. The lowest BCUT2D eigenvalue weighted by Gasteiger charge is -2.19. The number of alkyl halides is 1. The first-order chi connectivity index (χ1) is 19.5. The molecule has 2 aliphatic rings. The summed E-state index contributed by atoms with van der Waals surface area (Å²) in [5.41, 5.74) is 5.19. The van der Waals surface area contributed by atoms with Gasteiger partial charge in [-0.1, -0.05) is 6.07 Å². The minimum Gasteiger partial charge on any atom is -0.496 e. The second kappa shape index (κ2) is 10.6. The summed E-state index contributed by atoms with van der Waals surface area (Å²) in [6, 6.07) is 16.8. The summed E-state index contributed by atoms with van der Waals surface area (Å²) < 4.78 is 25.8. The van der Waals surface area contributed by atoms with Crippen LogP contribution in [0.2, 0.25) is 0 Å². The zero-order valence-corrected chi connectivity index (χ0v) is 22.1. The predicted molar refractivity (Wildman–Crippen MR) is 149 cm³/mol. The van der Waals surface area contributed by atoms with Gasteiger partial charge < -0.3 is 24.1 Å². The monoisotopic (exact) mass is 540 g/mol. The Morgan fingerprint density at radius 3 is 2.75 bits per heavy atom. The largest absolute Gasteiger partial charge is 0.496 e. The van der Waals surface area contributed by atoms with Gasteiger partial charge in [-0.15, -0.1) is 0 Å². The average molecular weight is 541 g/mol. The number of anilines is 1. The summed E-state index contributed by atoms with van der Waals surface area (Å²) in [6.45, 7) is 2.12. The molecule has 0 spiro atoms. The third-order valence-electron chi connectivity index (χ3n) is 7.86. The zero-order valence-electron chi connectivity index (χ0n) is 22.1. The molecule has 204 valence electrons. The van der Waals surface area contributed by atoms with E-state index < -0.39 is 6.17 Å². The number of furan rings is 1. The van der Waals surface area contributed by atoms with Crippen molar-refractivity contribution in [3.8, 4) is 34.3 Å². The molecule has 1 amide bonds. The topological polar surface area (TPSA) is 103 Å². The van der Waals surface area contributed by atoms with E-state index in [1.165, 1.54) is 0 Å². The lowest BCUT2D eigenvalue weighted by Crippen LogP contribution is -2.29. The second-order valence-electron chi connectivity index (χ2n) is 10.4. The highest BCUT2D eigenvalue weighted by molar-refractivity contribution is 5.97. The molecule has 4 aromatic rings. The van der Waals surface area contributed by atoms with E-state index in [9.17, 15) is 19.6 Å². The van der Waals surface area contributed by atoms with Crippen LogP contribution in [0.1, 0.15) is 28.8 Å². The van der Waals surface area contributed by atoms with Crippen molar-refractivity contribution in [2.75, 3.05) is 44.8 Å². The number of hydrogen-bond donors (Lipinski definition) is 1. The number of ether oxygens (including phenoxy) is 1. The first kappa shape index (κ1) is 25.8. The number of likely N-dealkylation sites (tertiary alicyclic amines) is 1. The molecule has 9 heteroatoms. The summed E-state index contributed by atoms with van der Waals surface area (Å²) in [6.07, 6.45) is 2.07. The van der Waals surface area contributed by atoms with Gasteiger partial charge in [0.25, 0.3) is 5.91 Å². The molecule has 1 N–H and O–H groups in total. The van der Waals surface area contributed by atoms with Crippen molar-refractivity contribution in [2.24, 2.45) is 5.92 Å². The first-order valence-corrected chi connectivity index (χ1v) is 13.4. The molecule has 2 unspecified atom stereocenters. The van der Waals surface area contributed by atoms with Gasteiger partial charge in [0, 0.05) is 62.1 Å². The van der Waals surface area contributed by atoms with Crippen LogP contribution in [0.3, 0.4) is 0 Å². The predicted octanol–water partition coefficient (Wildman–Crippen LogP) is 5.04. The SMILES string of the molecule is COc1cc(C(=O)N2CCC(CO)C2)ccc1-c1cc2nccc(-c3ccc(N4CCC(F)C4)c(C#N)c3)c2o1. The van der Waals surface area contributed by atoms with Crippen LogP contribution in [-0.4, -0.2) is 67.0 Å². The number of aromatic nitrogens is 1. The van der Waals surface area contributed by atoms with E-state index in [1.54, 1.807) is 42.5 Å². The number of halogens is 1.